The van der Waals surface area contributed by atoms with Crippen molar-refractivity contribution in [3.05, 3.63) is 258 Å². The van der Waals surface area contributed by atoms with Gasteiger partial charge in [0.15, 0.2) is 17.5 Å². The van der Waals surface area contributed by atoms with E-state index in [0.29, 0.717) is 17.5 Å². The van der Waals surface area contributed by atoms with E-state index in [2.05, 4.69) is 214 Å². The van der Waals surface area contributed by atoms with Gasteiger partial charge in [0.1, 0.15) is 0 Å². The Kier molecular flexibility index (Phi) is 8.47. The Hall–Kier alpha value is -8.27. The Bertz CT molecular complexity index is 3670. The molecule has 0 amide bonds. The highest BCUT2D eigenvalue weighted by Crippen LogP contribution is 2.63. The zero-order valence-electron chi connectivity index (χ0n) is 36.7. The fraction of sp³-hybridized carbons (Fsp3) is 0.0635. The maximum atomic E-state index is 5.41. The third kappa shape index (κ3) is 5.66. The lowest BCUT2D eigenvalue weighted by Gasteiger charge is -2.46. The zero-order valence-corrected chi connectivity index (χ0v) is 36.7. The molecule has 2 aliphatic rings. The molecule has 11 aromatic rings. The maximum Gasteiger partial charge on any atom is 0.164 e. The van der Waals surface area contributed by atoms with Crippen LogP contribution in [0.25, 0.3) is 89.1 Å². The third-order valence-corrected chi connectivity index (χ3v) is 14.4. The molecule has 0 atom stereocenters. The summed E-state index contributed by atoms with van der Waals surface area (Å²) in [5, 5.41) is 5.01. The molecule has 66 heavy (non-hydrogen) atoms. The van der Waals surface area contributed by atoms with E-state index >= 15 is 0 Å². The summed E-state index contributed by atoms with van der Waals surface area (Å²) < 4.78 is 0. The Morgan fingerprint density at radius 3 is 1.48 bits per heavy atom. The normalized spacial score (nSPS) is 13.8. The molecule has 0 saturated carbocycles. The molecule has 310 valence electrons. The van der Waals surface area contributed by atoms with Crippen LogP contribution < -0.4 is 0 Å². The second-order valence-corrected chi connectivity index (χ2v) is 18.3. The fourth-order valence-corrected chi connectivity index (χ4v) is 11.3. The van der Waals surface area contributed by atoms with Gasteiger partial charge in [0.05, 0.1) is 5.41 Å². The van der Waals surface area contributed by atoms with Gasteiger partial charge >= 0.3 is 0 Å². The first-order valence-corrected chi connectivity index (χ1v) is 22.8. The van der Waals surface area contributed by atoms with Crippen LogP contribution in [-0.4, -0.2) is 15.0 Å². The maximum absolute atomic E-state index is 5.41. The average Bonchev–Trinajstić information content (AvgIpc) is 3.68. The second kappa shape index (κ2) is 14.6. The third-order valence-electron chi connectivity index (χ3n) is 14.4. The Morgan fingerprint density at radius 1 is 0.288 bits per heavy atom. The Balaban J connectivity index is 1.08. The minimum atomic E-state index is -0.588. The molecule has 0 bridgehead atoms. The molecular weight excluding hydrogens is 799 g/mol. The summed E-state index contributed by atoms with van der Waals surface area (Å²) in [6, 6.07) is 81.6. The molecule has 0 N–H and O–H groups in total. The van der Waals surface area contributed by atoms with Crippen molar-refractivity contribution in [2.45, 2.75) is 24.7 Å². The molecule has 1 heterocycles. The van der Waals surface area contributed by atoms with Crippen molar-refractivity contribution < 1.29 is 0 Å². The quantitative estimate of drug-likeness (QED) is 0.162. The van der Waals surface area contributed by atoms with Crippen molar-refractivity contribution >= 4 is 21.5 Å². The number of rotatable bonds is 5. The molecule has 2 aliphatic carbocycles. The van der Waals surface area contributed by atoms with Crippen LogP contribution in [0.2, 0.25) is 0 Å². The van der Waals surface area contributed by atoms with Gasteiger partial charge in [-0.25, -0.2) is 15.0 Å². The van der Waals surface area contributed by atoms with Crippen LogP contribution in [-0.2, 0) is 10.8 Å². The molecule has 0 unspecified atom stereocenters. The minimum absolute atomic E-state index is 0.210. The number of benzene rings is 10. The lowest BCUT2D eigenvalue weighted by atomic mass is 9.55. The highest BCUT2D eigenvalue weighted by Gasteiger charge is 2.54. The van der Waals surface area contributed by atoms with Crippen molar-refractivity contribution in [1.29, 1.82) is 0 Å². The lowest BCUT2D eigenvalue weighted by molar-refractivity contribution is 0.563. The Morgan fingerprint density at radius 2 is 0.773 bits per heavy atom. The fourth-order valence-electron chi connectivity index (χ4n) is 11.3. The largest absolute Gasteiger partial charge is 0.208 e. The van der Waals surface area contributed by atoms with Gasteiger partial charge in [0.25, 0.3) is 0 Å². The molecule has 0 aliphatic heterocycles. The minimum Gasteiger partial charge on any atom is -0.208 e. The van der Waals surface area contributed by atoms with E-state index in [9.17, 15) is 0 Å². The summed E-state index contributed by atoms with van der Waals surface area (Å²) in [6.45, 7) is 4.75. The summed E-state index contributed by atoms with van der Waals surface area (Å²) in [5.74, 6) is 1.92. The molecule has 3 heteroatoms. The van der Waals surface area contributed by atoms with E-state index in [0.717, 1.165) is 27.8 Å². The highest BCUT2D eigenvalue weighted by molar-refractivity contribution is 6.08. The number of hydrogen-bond donors (Lipinski definition) is 0. The van der Waals surface area contributed by atoms with Crippen molar-refractivity contribution in [3.63, 3.8) is 0 Å². The van der Waals surface area contributed by atoms with Gasteiger partial charge in [0.2, 0.25) is 0 Å². The van der Waals surface area contributed by atoms with Gasteiger partial charge in [0, 0.05) is 22.1 Å². The predicted octanol–water partition coefficient (Wildman–Crippen LogP) is 15.5. The van der Waals surface area contributed by atoms with Crippen LogP contribution in [0.1, 0.15) is 47.2 Å². The SMILES string of the molecule is CC1(C)c2ccccc2C2(c3ccc(-c4ccc5c(ccc6ccccc65)c4)cc3-c3c(-c4nc(-c5ccccc5)nc(-c5ccc(-c6ccccc6)cc5)n4)cccc32)c2ccccc21. The van der Waals surface area contributed by atoms with Crippen LogP contribution in [0.15, 0.2) is 224 Å². The van der Waals surface area contributed by atoms with Crippen LogP contribution >= 0.6 is 0 Å². The molecular formula is C63H43N3. The number of nitrogens with zero attached hydrogens (tertiary/aromatic N) is 3. The van der Waals surface area contributed by atoms with E-state index in [1.165, 1.54) is 77.2 Å². The average molecular weight is 842 g/mol. The molecule has 0 fully saturated rings. The highest BCUT2D eigenvalue weighted by atomic mass is 15.0. The molecule has 13 rings (SSSR count). The number of hydrogen-bond acceptors (Lipinski definition) is 3. The lowest BCUT2D eigenvalue weighted by Crippen LogP contribution is -2.40. The molecule has 3 nitrogen and oxygen atoms in total. The van der Waals surface area contributed by atoms with Gasteiger partial charge < -0.3 is 0 Å². The molecule has 0 saturated heterocycles. The van der Waals surface area contributed by atoms with E-state index < -0.39 is 5.41 Å². The summed E-state index contributed by atoms with van der Waals surface area (Å²) in [5.41, 5.74) is 16.9. The van der Waals surface area contributed by atoms with Crippen LogP contribution in [0, 0.1) is 0 Å². The summed E-state index contributed by atoms with van der Waals surface area (Å²) >= 11 is 0. The summed E-state index contributed by atoms with van der Waals surface area (Å²) in [6.07, 6.45) is 0. The molecule has 10 aromatic carbocycles. The van der Waals surface area contributed by atoms with Crippen LogP contribution in [0.3, 0.4) is 0 Å². The zero-order chi connectivity index (χ0) is 44.0. The van der Waals surface area contributed by atoms with E-state index in [-0.39, 0.29) is 5.41 Å². The topological polar surface area (TPSA) is 38.7 Å². The predicted molar refractivity (Wildman–Crippen MR) is 271 cm³/mol. The Labute approximate surface area is 384 Å². The van der Waals surface area contributed by atoms with Gasteiger partial charge in [-0.15, -0.1) is 0 Å². The standard InChI is InChI=1S/C63H43N3/c1-62(2)53-23-11-13-25-55(53)63(56-26-14-12-24-54(56)62)52-37-35-46(45-34-36-49-47(38-45)33-30-42-18-9-10-21-48(42)49)39-51(52)58-50(22-15-27-57(58)63)61-65-59(43-19-7-4-8-20-43)64-60(66-61)44-31-28-41(29-32-44)40-16-5-3-6-17-40/h3-39H,1-2H3. The van der Waals surface area contributed by atoms with Gasteiger partial charge in [-0.3, -0.25) is 0 Å². The molecule has 1 spiro atoms. The van der Waals surface area contributed by atoms with E-state index in [1.54, 1.807) is 0 Å². The van der Waals surface area contributed by atoms with Gasteiger partial charge in [-0.2, -0.15) is 0 Å². The summed E-state index contributed by atoms with van der Waals surface area (Å²) in [7, 11) is 0. The molecule has 0 radical (unpaired) electrons. The van der Waals surface area contributed by atoms with Crippen LogP contribution in [0.4, 0.5) is 0 Å². The first-order valence-electron chi connectivity index (χ1n) is 22.8. The van der Waals surface area contributed by atoms with Crippen molar-refractivity contribution in [2.75, 3.05) is 0 Å². The van der Waals surface area contributed by atoms with Gasteiger partial charge in [-0.05, 0) is 100 Å². The monoisotopic (exact) mass is 841 g/mol. The van der Waals surface area contributed by atoms with Crippen molar-refractivity contribution in [2.24, 2.45) is 0 Å². The molecule has 1 aromatic heterocycles. The van der Waals surface area contributed by atoms with E-state index in [4.69, 9.17) is 15.0 Å². The first-order chi connectivity index (χ1) is 32.5. The van der Waals surface area contributed by atoms with Gasteiger partial charge in [-0.1, -0.05) is 226 Å². The van der Waals surface area contributed by atoms with Crippen molar-refractivity contribution in [3.8, 4) is 67.5 Å². The number of fused-ring (bicyclic) bond motifs is 12. The number of aromatic nitrogens is 3. The summed E-state index contributed by atoms with van der Waals surface area (Å²) in [4.78, 5) is 16.0. The first kappa shape index (κ1) is 38.2. The smallest absolute Gasteiger partial charge is 0.164 e. The second-order valence-electron chi connectivity index (χ2n) is 18.3. The van der Waals surface area contributed by atoms with Crippen molar-refractivity contribution in [1.82, 2.24) is 15.0 Å². The van der Waals surface area contributed by atoms with Crippen LogP contribution in [0.5, 0.6) is 0 Å². The van der Waals surface area contributed by atoms with E-state index in [1.807, 2.05) is 24.3 Å².